The molecule has 8 nitrogen and oxygen atoms in total. The van der Waals surface area contributed by atoms with Crippen molar-refractivity contribution in [1.29, 1.82) is 0 Å². The molecule has 0 saturated heterocycles. The molecule has 0 radical (unpaired) electrons. The zero-order valence-corrected chi connectivity index (χ0v) is 11.0. The van der Waals surface area contributed by atoms with Gasteiger partial charge in [-0.3, -0.25) is 4.79 Å². The van der Waals surface area contributed by atoms with Crippen LogP contribution in [0.2, 0.25) is 0 Å². The Morgan fingerprint density at radius 2 is 2.25 bits per heavy atom. The number of benzene rings is 1. The molecule has 1 aromatic carbocycles. The first-order valence-corrected chi connectivity index (χ1v) is 6.35. The van der Waals surface area contributed by atoms with Crippen LogP contribution in [0.25, 0.3) is 0 Å². The normalized spacial score (nSPS) is 15.3. The minimum atomic E-state index is -0.118. The predicted molar refractivity (Wildman–Crippen MR) is 74.0 cm³/mol. The Morgan fingerprint density at radius 1 is 1.40 bits per heavy atom. The van der Waals surface area contributed by atoms with E-state index in [0.717, 1.165) is 16.9 Å². The van der Waals surface area contributed by atoms with Crippen molar-refractivity contribution in [2.75, 3.05) is 16.4 Å². The number of H-pyrrole nitrogens is 1. The second-order valence-corrected chi connectivity index (χ2v) is 4.78. The number of rotatable bonds is 3. The maximum Gasteiger partial charge on any atom is 0.224 e. The predicted octanol–water partition coefficient (Wildman–Crippen LogP) is 0.840. The molecule has 104 valence electrons. The zero-order chi connectivity index (χ0) is 14.1. The van der Waals surface area contributed by atoms with Crippen molar-refractivity contribution in [3.63, 3.8) is 0 Å². The summed E-state index contributed by atoms with van der Waals surface area (Å²) < 4.78 is 0. The minimum absolute atomic E-state index is 0.0257. The Kier molecular flexibility index (Phi) is 2.97. The third kappa shape index (κ3) is 2.27. The van der Waals surface area contributed by atoms with E-state index in [-0.39, 0.29) is 11.9 Å². The van der Waals surface area contributed by atoms with Crippen molar-refractivity contribution in [3.05, 3.63) is 23.5 Å². The van der Waals surface area contributed by atoms with Crippen molar-refractivity contribution < 1.29 is 4.79 Å². The number of aryl methyl sites for hydroxylation is 1. The summed E-state index contributed by atoms with van der Waals surface area (Å²) in [7, 11) is 0. The number of hydrogen-bond acceptors (Lipinski definition) is 6. The SMILES string of the molecule is CC(Nc1cc2c(cc1N)NC(=O)CC2)c1nn[nH]n1. The molecule has 2 aromatic rings. The van der Waals surface area contributed by atoms with E-state index in [1.165, 1.54) is 0 Å². The number of anilines is 3. The number of aromatic amines is 1. The molecule has 1 unspecified atom stereocenters. The number of nitrogen functional groups attached to an aromatic ring is 1. The summed E-state index contributed by atoms with van der Waals surface area (Å²) >= 11 is 0. The number of amides is 1. The Hall–Kier alpha value is -2.64. The summed E-state index contributed by atoms with van der Waals surface area (Å²) in [4.78, 5) is 11.4. The first-order valence-electron chi connectivity index (χ1n) is 6.35. The lowest BCUT2D eigenvalue weighted by Crippen LogP contribution is -2.20. The highest BCUT2D eigenvalue weighted by molar-refractivity contribution is 5.95. The molecule has 1 aromatic heterocycles. The molecule has 0 fully saturated rings. The van der Waals surface area contributed by atoms with E-state index in [4.69, 9.17) is 5.73 Å². The molecule has 20 heavy (non-hydrogen) atoms. The van der Waals surface area contributed by atoms with Gasteiger partial charge in [0.05, 0.1) is 17.4 Å². The van der Waals surface area contributed by atoms with Crippen LogP contribution in [-0.4, -0.2) is 26.5 Å². The fourth-order valence-electron chi connectivity index (χ4n) is 2.22. The fraction of sp³-hybridized carbons (Fsp3) is 0.333. The van der Waals surface area contributed by atoms with E-state index in [2.05, 4.69) is 31.3 Å². The lowest BCUT2D eigenvalue weighted by molar-refractivity contribution is -0.116. The molecule has 0 aliphatic carbocycles. The monoisotopic (exact) mass is 273 g/mol. The smallest absolute Gasteiger partial charge is 0.224 e. The maximum absolute atomic E-state index is 11.4. The van der Waals surface area contributed by atoms with Gasteiger partial charge in [0.2, 0.25) is 5.91 Å². The van der Waals surface area contributed by atoms with Crippen LogP contribution in [0, 0.1) is 0 Å². The maximum atomic E-state index is 11.4. The first-order chi connectivity index (χ1) is 9.63. The topological polar surface area (TPSA) is 122 Å². The lowest BCUT2D eigenvalue weighted by atomic mass is 10.0. The Labute approximate surface area is 115 Å². The number of carbonyl (C=O) groups excluding carboxylic acids is 1. The second-order valence-electron chi connectivity index (χ2n) is 4.78. The Morgan fingerprint density at radius 3 is 3.00 bits per heavy atom. The first kappa shape index (κ1) is 12.4. The highest BCUT2D eigenvalue weighted by Gasteiger charge is 2.18. The number of nitrogens with zero attached hydrogens (tertiary/aromatic N) is 3. The third-order valence-corrected chi connectivity index (χ3v) is 3.29. The molecule has 0 spiro atoms. The number of aromatic nitrogens is 4. The van der Waals surface area contributed by atoms with Gasteiger partial charge in [-0.2, -0.15) is 5.21 Å². The van der Waals surface area contributed by atoms with Crippen LogP contribution in [0.4, 0.5) is 17.1 Å². The van der Waals surface area contributed by atoms with Gasteiger partial charge in [-0.1, -0.05) is 5.21 Å². The molecule has 1 aliphatic heterocycles. The summed E-state index contributed by atoms with van der Waals surface area (Å²) in [5.41, 5.74) is 9.25. The molecule has 8 heteroatoms. The Balaban J connectivity index is 1.85. The molecular formula is C12H15N7O. The zero-order valence-electron chi connectivity index (χ0n) is 11.0. The van der Waals surface area contributed by atoms with E-state index >= 15 is 0 Å². The number of nitrogens with two attached hydrogens (primary N) is 1. The number of carbonyl (C=O) groups is 1. The van der Waals surface area contributed by atoms with Gasteiger partial charge in [0, 0.05) is 12.1 Å². The number of fused-ring (bicyclic) bond motifs is 1. The summed E-state index contributed by atoms with van der Waals surface area (Å²) in [5, 5.41) is 19.9. The standard InChI is InChI=1S/C12H15N7O/c1-6(12-16-18-19-17-12)14-10-4-7-2-3-11(20)15-9(7)5-8(10)13/h4-6,14H,2-3,13H2,1H3,(H,15,20)(H,16,17,18,19). The van der Waals surface area contributed by atoms with Crippen molar-refractivity contribution >= 4 is 23.0 Å². The second kappa shape index (κ2) is 4.80. The molecule has 1 aliphatic rings. The highest BCUT2D eigenvalue weighted by Crippen LogP contribution is 2.32. The van der Waals surface area contributed by atoms with Crippen LogP contribution >= 0.6 is 0 Å². The molecular weight excluding hydrogens is 258 g/mol. The average molecular weight is 273 g/mol. The quantitative estimate of drug-likeness (QED) is 0.615. The molecule has 2 heterocycles. The van der Waals surface area contributed by atoms with Crippen LogP contribution in [0.3, 0.4) is 0 Å². The van der Waals surface area contributed by atoms with E-state index in [0.29, 0.717) is 24.4 Å². The van der Waals surface area contributed by atoms with E-state index < -0.39 is 0 Å². The van der Waals surface area contributed by atoms with E-state index in [1.807, 2.05) is 13.0 Å². The molecule has 1 amide bonds. The Bertz CT molecular complexity index is 638. The van der Waals surface area contributed by atoms with Gasteiger partial charge in [0.25, 0.3) is 0 Å². The van der Waals surface area contributed by atoms with Gasteiger partial charge in [-0.15, -0.1) is 10.2 Å². The highest BCUT2D eigenvalue weighted by atomic mass is 16.1. The van der Waals surface area contributed by atoms with Crippen LogP contribution in [0.1, 0.15) is 30.8 Å². The van der Waals surface area contributed by atoms with Crippen LogP contribution in [-0.2, 0) is 11.2 Å². The summed E-state index contributed by atoms with van der Waals surface area (Å²) in [6.07, 6.45) is 1.21. The number of hydrogen-bond donors (Lipinski definition) is 4. The van der Waals surface area contributed by atoms with E-state index in [1.54, 1.807) is 6.07 Å². The molecule has 5 N–H and O–H groups in total. The van der Waals surface area contributed by atoms with Crippen LogP contribution in [0.5, 0.6) is 0 Å². The van der Waals surface area contributed by atoms with Gasteiger partial charge >= 0.3 is 0 Å². The van der Waals surface area contributed by atoms with Crippen molar-refractivity contribution in [1.82, 2.24) is 20.6 Å². The van der Waals surface area contributed by atoms with Gasteiger partial charge in [0.15, 0.2) is 5.82 Å². The lowest BCUT2D eigenvalue weighted by Gasteiger charge is -2.21. The van der Waals surface area contributed by atoms with Crippen molar-refractivity contribution in [3.8, 4) is 0 Å². The van der Waals surface area contributed by atoms with Gasteiger partial charge in [0.1, 0.15) is 0 Å². The van der Waals surface area contributed by atoms with Crippen molar-refractivity contribution in [2.24, 2.45) is 0 Å². The molecule has 0 saturated carbocycles. The van der Waals surface area contributed by atoms with Crippen LogP contribution in [0.15, 0.2) is 12.1 Å². The summed E-state index contributed by atoms with van der Waals surface area (Å²) in [5.74, 6) is 0.591. The molecule has 3 rings (SSSR count). The van der Waals surface area contributed by atoms with Crippen molar-refractivity contribution in [2.45, 2.75) is 25.8 Å². The largest absolute Gasteiger partial charge is 0.397 e. The number of tetrazole rings is 1. The molecule has 1 atom stereocenters. The fourth-order valence-corrected chi connectivity index (χ4v) is 2.22. The molecule has 0 bridgehead atoms. The van der Waals surface area contributed by atoms with Gasteiger partial charge in [-0.05, 0) is 31.0 Å². The van der Waals surface area contributed by atoms with E-state index in [9.17, 15) is 4.79 Å². The van der Waals surface area contributed by atoms with Gasteiger partial charge < -0.3 is 16.4 Å². The summed E-state index contributed by atoms with van der Waals surface area (Å²) in [6, 6.07) is 3.62. The van der Waals surface area contributed by atoms with Crippen LogP contribution < -0.4 is 16.4 Å². The number of nitrogens with one attached hydrogen (secondary N) is 3. The minimum Gasteiger partial charge on any atom is -0.397 e. The summed E-state index contributed by atoms with van der Waals surface area (Å²) in [6.45, 7) is 1.92. The third-order valence-electron chi connectivity index (χ3n) is 3.29. The van der Waals surface area contributed by atoms with Gasteiger partial charge in [-0.25, -0.2) is 0 Å². The average Bonchev–Trinajstić information content (AvgIpc) is 2.94.